The molecule has 6 heteroatoms. The van der Waals surface area contributed by atoms with Gasteiger partial charge in [0.25, 0.3) is 0 Å². The number of esters is 1. The highest BCUT2D eigenvalue weighted by molar-refractivity contribution is 5.91. The van der Waals surface area contributed by atoms with Crippen molar-refractivity contribution in [1.82, 2.24) is 14.9 Å². The van der Waals surface area contributed by atoms with E-state index in [1.54, 1.807) is 18.5 Å². The predicted octanol–water partition coefficient (Wildman–Crippen LogP) is 4.50. The lowest BCUT2D eigenvalue weighted by Gasteiger charge is -2.05. The molecule has 140 valence electrons. The SMILES string of the molecule is Cc1noc(C)c1C(=O)OCc1cn(-c2ccccc2)nc1-c1ccccc1. The topological polar surface area (TPSA) is 70.2 Å². The molecule has 0 aliphatic rings. The molecule has 0 aliphatic carbocycles. The molecule has 0 unspecified atom stereocenters. The Morgan fingerprint density at radius 1 is 1.04 bits per heavy atom. The van der Waals surface area contributed by atoms with Crippen LogP contribution < -0.4 is 0 Å². The average molecular weight is 373 g/mol. The third kappa shape index (κ3) is 3.44. The predicted molar refractivity (Wildman–Crippen MR) is 104 cm³/mol. The number of hydrogen-bond acceptors (Lipinski definition) is 5. The summed E-state index contributed by atoms with van der Waals surface area (Å²) in [5.41, 5.74) is 4.37. The van der Waals surface area contributed by atoms with Crippen LogP contribution in [0.25, 0.3) is 16.9 Å². The van der Waals surface area contributed by atoms with E-state index in [1.807, 2.05) is 66.9 Å². The number of aryl methyl sites for hydroxylation is 2. The van der Waals surface area contributed by atoms with E-state index in [9.17, 15) is 4.79 Å². The molecular weight excluding hydrogens is 354 g/mol. The van der Waals surface area contributed by atoms with E-state index in [2.05, 4.69) is 5.16 Å². The Bertz CT molecular complexity index is 1080. The lowest BCUT2D eigenvalue weighted by molar-refractivity contribution is 0.0470. The molecule has 0 bridgehead atoms. The van der Waals surface area contributed by atoms with Crippen molar-refractivity contribution in [2.24, 2.45) is 0 Å². The van der Waals surface area contributed by atoms with Gasteiger partial charge >= 0.3 is 5.97 Å². The van der Waals surface area contributed by atoms with E-state index in [4.69, 9.17) is 14.4 Å². The van der Waals surface area contributed by atoms with Crippen LogP contribution in [-0.4, -0.2) is 20.9 Å². The molecule has 0 saturated carbocycles. The second-order valence-electron chi connectivity index (χ2n) is 6.42. The molecular formula is C22H19N3O3. The number of nitrogens with zero attached hydrogens (tertiary/aromatic N) is 3. The third-order valence-corrected chi connectivity index (χ3v) is 4.45. The molecule has 28 heavy (non-hydrogen) atoms. The van der Waals surface area contributed by atoms with Crippen LogP contribution in [-0.2, 0) is 11.3 Å². The monoisotopic (exact) mass is 373 g/mol. The maximum Gasteiger partial charge on any atom is 0.344 e. The largest absolute Gasteiger partial charge is 0.457 e. The Labute approximate surface area is 162 Å². The second-order valence-corrected chi connectivity index (χ2v) is 6.42. The van der Waals surface area contributed by atoms with E-state index in [-0.39, 0.29) is 6.61 Å². The van der Waals surface area contributed by atoms with Gasteiger partial charge in [0.1, 0.15) is 17.9 Å². The van der Waals surface area contributed by atoms with E-state index >= 15 is 0 Å². The summed E-state index contributed by atoms with van der Waals surface area (Å²) in [6.45, 7) is 3.51. The van der Waals surface area contributed by atoms with Gasteiger partial charge in [0.15, 0.2) is 0 Å². The van der Waals surface area contributed by atoms with Crippen LogP contribution in [0.2, 0.25) is 0 Å². The first kappa shape index (κ1) is 17.7. The molecule has 0 aliphatic heterocycles. The van der Waals surface area contributed by atoms with Crippen molar-refractivity contribution >= 4 is 5.97 Å². The Hall–Kier alpha value is -3.67. The minimum atomic E-state index is -0.456. The molecule has 4 aromatic rings. The van der Waals surface area contributed by atoms with Crippen molar-refractivity contribution < 1.29 is 14.1 Å². The van der Waals surface area contributed by atoms with Crippen LogP contribution in [0.3, 0.4) is 0 Å². The van der Waals surface area contributed by atoms with E-state index < -0.39 is 5.97 Å². The molecule has 0 radical (unpaired) electrons. The van der Waals surface area contributed by atoms with E-state index in [1.165, 1.54) is 0 Å². The molecule has 0 fully saturated rings. The Morgan fingerprint density at radius 3 is 2.36 bits per heavy atom. The Morgan fingerprint density at radius 2 is 1.71 bits per heavy atom. The molecule has 0 amide bonds. The summed E-state index contributed by atoms with van der Waals surface area (Å²) in [6.07, 6.45) is 1.89. The fraction of sp³-hybridized carbons (Fsp3) is 0.136. The van der Waals surface area contributed by atoms with Gasteiger partial charge in [-0.2, -0.15) is 5.10 Å². The van der Waals surface area contributed by atoms with E-state index in [0.29, 0.717) is 17.0 Å². The minimum Gasteiger partial charge on any atom is -0.457 e. The van der Waals surface area contributed by atoms with Crippen molar-refractivity contribution in [1.29, 1.82) is 0 Å². The summed E-state index contributed by atoms with van der Waals surface area (Å²) in [6, 6.07) is 19.6. The first-order chi connectivity index (χ1) is 13.6. The van der Waals surface area contributed by atoms with Gasteiger partial charge in [-0.3, -0.25) is 0 Å². The van der Waals surface area contributed by atoms with Gasteiger partial charge in [-0.15, -0.1) is 0 Å². The summed E-state index contributed by atoms with van der Waals surface area (Å²) in [5.74, 6) is -0.00603. The number of ether oxygens (including phenoxy) is 1. The fourth-order valence-corrected chi connectivity index (χ4v) is 3.06. The zero-order valence-corrected chi connectivity index (χ0v) is 15.6. The smallest absolute Gasteiger partial charge is 0.344 e. The molecule has 6 nitrogen and oxygen atoms in total. The van der Waals surface area contributed by atoms with Gasteiger partial charge < -0.3 is 9.26 Å². The maximum absolute atomic E-state index is 12.5. The number of benzene rings is 2. The molecule has 0 spiro atoms. The summed E-state index contributed by atoms with van der Waals surface area (Å²) < 4.78 is 12.4. The van der Waals surface area contributed by atoms with Crippen LogP contribution in [0, 0.1) is 13.8 Å². The van der Waals surface area contributed by atoms with Gasteiger partial charge in [-0.25, -0.2) is 9.48 Å². The number of carbonyl (C=O) groups is 1. The Balaban J connectivity index is 1.65. The Kier molecular flexibility index (Phi) is 4.76. The lowest BCUT2D eigenvalue weighted by Crippen LogP contribution is -2.07. The first-order valence-electron chi connectivity index (χ1n) is 8.93. The molecule has 2 aromatic heterocycles. The number of para-hydroxylation sites is 1. The highest BCUT2D eigenvalue weighted by Crippen LogP contribution is 2.25. The van der Waals surface area contributed by atoms with Gasteiger partial charge in [-0.1, -0.05) is 53.7 Å². The van der Waals surface area contributed by atoms with Crippen molar-refractivity contribution in [2.45, 2.75) is 20.5 Å². The van der Waals surface area contributed by atoms with Crippen molar-refractivity contribution in [2.75, 3.05) is 0 Å². The van der Waals surface area contributed by atoms with Crippen LogP contribution in [0.15, 0.2) is 71.4 Å². The highest BCUT2D eigenvalue weighted by Gasteiger charge is 2.20. The van der Waals surface area contributed by atoms with E-state index in [0.717, 1.165) is 22.5 Å². The standard InChI is InChI=1S/C22H19N3O3/c1-15-20(16(2)28-24-15)22(26)27-14-18-13-25(19-11-7-4-8-12-19)23-21(18)17-9-5-3-6-10-17/h3-13H,14H2,1-2H3. The summed E-state index contributed by atoms with van der Waals surface area (Å²) in [4.78, 5) is 12.5. The van der Waals surface area contributed by atoms with Crippen LogP contribution in [0.1, 0.15) is 27.4 Å². The van der Waals surface area contributed by atoms with Gasteiger partial charge in [-0.05, 0) is 26.0 Å². The highest BCUT2D eigenvalue weighted by atomic mass is 16.5. The third-order valence-electron chi connectivity index (χ3n) is 4.45. The number of hydrogen-bond donors (Lipinski definition) is 0. The molecule has 4 rings (SSSR count). The van der Waals surface area contributed by atoms with Gasteiger partial charge in [0, 0.05) is 17.3 Å². The van der Waals surface area contributed by atoms with Crippen molar-refractivity contribution in [3.05, 3.63) is 89.4 Å². The fourth-order valence-electron chi connectivity index (χ4n) is 3.06. The number of aromatic nitrogens is 3. The maximum atomic E-state index is 12.5. The van der Waals surface area contributed by atoms with Gasteiger partial charge in [0.05, 0.1) is 17.1 Å². The minimum absolute atomic E-state index is 0.0972. The second kappa shape index (κ2) is 7.52. The normalized spacial score (nSPS) is 10.8. The average Bonchev–Trinajstić information content (AvgIpc) is 3.31. The summed E-state index contributed by atoms with van der Waals surface area (Å²) in [7, 11) is 0. The summed E-state index contributed by atoms with van der Waals surface area (Å²) >= 11 is 0. The molecule has 2 aromatic carbocycles. The van der Waals surface area contributed by atoms with Crippen LogP contribution in [0.4, 0.5) is 0 Å². The number of carbonyl (C=O) groups excluding carboxylic acids is 1. The molecule has 0 atom stereocenters. The van der Waals surface area contributed by atoms with Gasteiger partial charge in [0.2, 0.25) is 0 Å². The molecule has 2 heterocycles. The van der Waals surface area contributed by atoms with Crippen LogP contribution >= 0.6 is 0 Å². The number of rotatable bonds is 5. The first-order valence-corrected chi connectivity index (χ1v) is 8.93. The quantitative estimate of drug-likeness (QED) is 0.482. The zero-order valence-electron chi connectivity index (χ0n) is 15.6. The lowest BCUT2D eigenvalue weighted by atomic mass is 10.1. The summed E-state index contributed by atoms with van der Waals surface area (Å²) in [5, 5.41) is 8.53. The molecule has 0 saturated heterocycles. The zero-order chi connectivity index (χ0) is 19.5. The van der Waals surface area contributed by atoms with Crippen LogP contribution in [0.5, 0.6) is 0 Å². The molecule has 0 N–H and O–H groups in total. The van der Waals surface area contributed by atoms with Crippen molar-refractivity contribution in [3.8, 4) is 16.9 Å². The van der Waals surface area contributed by atoms with Crippen molar-refractivity contribution in [3.63, 3.8) is 0 Å².